The highest BCUT2D eigenvalue weighted by Crippen LogP contribution is 2.16. The number of amides is 4. The normalized spacial score (nSPS) is 15.7. The highest BCUT2D eigenvalue weighted by Gasteiger charge is 2.45. The van der Waals surface area contributed by atoms with E-state index in [9.17, 15) is 14.4 Å². The van der Waals surface area contributed by atoms with Crippen LogP contribution in [0.15, 0.2) is 4.52 Å². The van der Waals surface area contributed by atoms with Gasteiger partial charge in [0.1, 0.15) is 6.54 Å². The Balaban J connectivity index is 2.10. The maximum atomic E-state index is 12.1. The van der Waals surface area contributed by atoms with Crippen LogP contribution in [0.4, 0.5) is 4.79 Å². The van der Waals surface area contributed by atoms with Crippen LogP contribution in [-0.2, 0) is 22.6 Å². The minimum atomic E-state index is -0.851. The molecule has 114 valence electrons. The number of aryl methyl sites for hydroxylation is 1. The lowest BCUT2D eigenvalue weighted by Crippen LogP contribution is -2.35. The van der Waals surface area contributed by atoms with Gasteiger partial charge in [-0.3, -0.25) is 14.5 Å². The van der Waals surface area contributed by atoms with Crippen LogP contribution in [0.5, 0.6) is 0 Å². The first kappa shape index (κ1) is 15.1. The summed E-state index contributed by atoms with van der Waals surface area (Å²) in [4.78, 5) is 41.7. The molecule has 1 fully saturated rings. The van der Waals surface area contributed by atoms with Gasteiger partial charge in [-0.25, -0.2) is 9.69 Å². The molecule has 0 aliphatic carbocycles. The summed E-state index contributed by atoms with van der Waals surface area (Å²) >= 11 is 0. The predicted molar refractivity (Wildman–Crippen MR) is 70.8 cm³/mol. The van der Waals surface area contributed by atoms with E-state index >= 15 is 0 Å². The molecule has 1 aliphatic heterocycles. The van der Waals surface area contributed by atoms with Gasteiger partial charge in [0.25, 0.3) is 0 Å². The number of aromatic nitrogens is 2. The molecule has 0 radical (unpaired) electrons. The minimum Gasteiger partial charge on any atom is -0.337 e. The molecule has 0 unspecified atom stereocenters. The maximum absolute atomic E-state index is 12.1. The second-order valence-corrected chi connectivity index (χ2v) is 5.34. The van der Waals surface area contributed by atoms with Gasteiger partial charge >= 0.3 is 17.8 Å². The molecular formula is C13H18N4O4. The van der Waals surface area contributed by atoms with Crippen molar-refractivity contribution in [1.82, 2.24) is 19.9 Å². The number of imide groups is 2. The Bertz CT molecular complexity index is 566. The molecule has 0 atom stereocenters. The molecule has 1 aromatic rings. The Labute approximate surface area is 122 Å². The van der Waals surface area contributed by atoms with Gasteiger partial charge in [-0.1, -0.05) is 25.9 Å². The molecule has 8 nitrogen and oxygen atoms in total. The number of carbonyl (C=O) groups is 3. The first-order valence-electron chi connectivity index (χ1n) is 6.92. The van der Waals surface area contributed by atoms with Crippen LogP contribution in [0.1, 0.15) is 38.9 Å². The Kier molecular flexibility index (Phi) is 4.35. The zero-order valence-electron chi connectivity index (χ0n) is 12.3. The van der Waals surface area contributed by atoms with E-state index in [0.717, 1.165) is 16.2 Å². The number of urea groups is 1. The maximum Gasteiger partial charge on any atom is 0.334 e. The molecule has 0 spiro atoms. The summed E-state index contributed by atoms with van der Waals surface area (Å²) in [7, 11) is 0. The number of nitrogens with zero attached hydrogens (tertiary/aromatic N) is 4. The second kappa shape index (κ2) is 6.02. The lowest BCUT2D eigenvalue weighted by atomic mass is 10.2. The molecule has 0 saturated carbocycles. The van der Waals surface area contributed by atoms with Gasteiger partial charge in [0.2, 0.25) is 5.89 Å². The third-order valence-electron chi connectivity index (χ3n) is 2.96. The van der Waals surface area contributed by atoms with Crippen LogP contribution in [0.3, 0.4) is 0 Å². The second-order valence-electron chi connectivity index (χ2n) is 5.34. The van der Waals surface area contributed by atoms with Crippen LogP contribution in [0.2, 0.25) is 0 Å². The van der Waals surface area contributed by atoms with Crippen molar-refractivity contribution in [2.75, 3.05) is 6.54 Å². The van der Waals surface area contributed by atoms with E-state index in [0.29, 0.717) is 12.2 Å². The Hall–Kier alpha value is -2.25. The van der Waals surface area contributed by atoms with Crippen LogP contribution in [-0.4, -0.2) is 44.3 Å². The zero-order chi connectivity index (χ0) is 15.6. The van der Waals surface area contributed by atoms with Crippen molar-refractivity contribution in [3.05, 3.63) is 11.7 Å². The van der Waals surface area contributed by atoms with Crippen LogP contribution >= 0.6 is 0 Å². The summed E-state index contributed by atoms with van der Waals surface area (Å²) in [5.41, 5.74) is 0. The lowest BCUT2D eigenvalue weighted by Gasteiger charge is -2.15. The Morgan fingerprint density at radius 2 is 1.81 bits per heavy atom. The van der Waals surface area contributed by atoms with E-state index in [1.165, 1.54) is 0 Å². The lowest BCUT2D eigenvalue weighted by molar-refractivity contribution is -0.143. The van der Waals surface area contributed by atoms with Crippen molar-refractivity contribution in [2.24, 2.45) is 5.92 Å². The third kappa shape index (κ3) is 3.09. The van der Waals surface area contributed by atoms with Crippen molar-refractivity contribution in [2.45, 2.75) is 40.2 Å². The topological polar surface area (TPSA) is 96.6 Å². The number of hydrogen-bond acceptors (Lipinski definition) is 6. The predicted octanol–water partition coefficient (Wildman–Crippen LogP) is 0.969. The zero-order valence-corrected chi connectivity index (χ0v) is 12.3. The van der Waals surface area contributed by atoms with Crippen LogP contribution in [0.25, 0.3) is 0 Å². The summed E-state index contributed by atoms with van der Waals surface area (Å²) in [5.74, 6) is -0.889. The summed E-state index contributed by atoms with van der Waals surface area (Å²) in [6.45, 7) is 5.75. The fourth-order valence-electron chi connectivity index (χ4n) is 2.03. The highest BCUT2D eigenvalue weighted by atomic mass is 16.5. The highest BCUT2D eigenvalue weighted by molar-refractivity contribution is 6.44. The Morgan fingerprint density at radius 3 is 2.43 bits per heavy atom. The summed E-state index contributed by atoms with van der Waals surface area (Å²) in [5, 5.41) is 3.75. The summed E-state index contributed by atoms with van der Waals surface area (Å²) in [6, 6.07) is -0.631. The molecule has 0 aromatic carbocycles. The molecule has 1 aromatic heterocycles. The number of rotatable bonds is 6. The average Bonchev–Trinajstić information content (AvgIpc) is 2.94. The van der Waals surface area contributed by atoms with E-state index in [2.05, 4.69) is 10.1 Å². The van der Waals surface area contributed by atoms with Gasteiger partial charge in [0, 0.05) is 13.0 Å². The van der Waals surface area contributed by atoms with E-state index in [1.54, 1.807) is 0 Å². The van der Waals surface area contributed by atoms with Gasteiger partial charge in [-0.2, -0.15) is 4.98 Å². The summed E-state index contributed by atoms with van der Waals surface area (Å²) < 4.78 is 4.99. The van der Waals surface area contributed by atoms with Gasteiger partial charge in [0.05, 0.1) is 0 Å². The van der Waals surface area contributed by atoms with Crippen molar-refractivity contribution < 1.29 is 18.9 Å². The molecule has 8 heteroatoms. The molecule has 0 N–H and O–H groups in total. The van der Waals surface area contributed by atoms with E-state index in [4.69, 9.17) is 4.52 Å². The Morgan fingerprint density at radius 1 is 1.14 bits per heavy atom. The first-order chi connectivity index (χ1) is 9.93. The molecule has 2 rings (SSSR count). The fourth-order valence-corrected chi connectivity index (χ4v) is 2.03. The molecule has 21 heavy (non-hydrogen) atoms. The molecule has 0 bridgehead atoms. The standard InChI is InChI=1S/C13H18N4O4/c1-4-5-9-14-10(21-15-9)7-17-12(19)11(18)16(13(17)20)6-8(2)3/h8H,4-7H2,1-3H3. The third-order valence-corrected chi connectivity index (χ3v) is 2.96. The van der Waals surface area contributed by atoms with Gasteiger partial charge in [-0.15, -0.1) is 0 Å². The fraction of sp³-hybridized carbons (Fsp3) is 0.615. The SMILES string of the molecule is CCCc1noc(CN2C(=O)C(=O)N(CC(C)C)C2=O)n1. The molecule has 1 aliphatic rings. The number of carbonyl (C=O) groups excluding carboxylic acids is 3. The van der Waals surface area contributed by atoms with Gasteiger partial charge in [-0.05, 0) is 12.3 Å². The van der Waals surface area contributed by atoms with Crippen molar-refractivity contribution in [1.29, 1.82) is 0 Å². The molecule has 1 saturated heterocycles. The van der Waals surface area contributed by atoms with E-state index < -0.39 is 17.8 Å². The van der Waals surface area contributed by atoms with Gasteiger partial charge < -0.3 is 4.52 Å². The van der Waals surface area contributed by atoms with E-state index in [1.807, 2.05) is 20.8 Å². The molecule has 2 heterocycles. The van der Waals surface area contributed by atoms with Crippen LogP contribution < -0.4 is 0 Å². The first-order valence-corrected chi connectivity index (χ1v) is 6.92. The van der Waals surface area contributed by atoms with Crippen LogP contribution in [0, 0.1) is 5.92 Å². The van der Waals surface area contributed by atoms with Crippen molar-refractivity contribution >= 4 is 17.8 Å². The average molecular weight is 294 g/mol. The largest absolute Gasteiger partial charge is 0.337 e. The quantitative estimate of drug-likeness (QED) is 0.573. The molecular weight excluding hydrogens is 276 g/mol. The summed E-state index contributed by atoms with van der Waals surface area (Å²) in [6.07, 6.45) is 1.52. The minimum absolute atomic E-state index is 0.0882. The van der Waals surface area contributed by atoms with Gasteiger partial charge in [0.15, 0.2) is 5.82 Å². The molecule has 4 amide bonds. The number of hydrogen-bond donors (Lipinski definition) is 0. The van der Waals surface area contributed by atoms with Crippen molar-refractivity contribution in [3.63, 3.8) is 0 Å². The monoisotopic (exact) mass is 294 g/mol. The smallest absolute Gasteiger partial charge is 0.334 e. The van der Waals surface area contributed by atoms with Crippen molar-refractivity contribution in [3.8, 4) is 0 Å². The van der Waals surface area contributed by atoms with E-state index in [-0.39, 0.29) is 24.9 Å².